The SMILES string of the molecule is CC[C@@H]1O[C@H](CO)C[C@H](O)[C@H]1C. The summed E-state index contributed by atoms with van der Waals surface area (Å²) >= 11 is 0. The topological polar surface area (TPSA) is 49.7 Å². The van der Waals surface area contributed by atoms with Gasteiger partial charge in [-0.15, -0.1) is 0 Å². The predicted molar refractivity (Wildman–Crippen MR) is 45.8 cm³/mol. The van der Waals surface area contributed by atoms with Gasteiger partial charge in [0.15, 0.2) is 0 Å². The molecule has 0 aliphatic carbocycles. The lowest BCUT2D eigenvalue weighted by molar-refractivity contribution is -0.143. The Labute approximate surface area is 73.4 Å². The summed E-state index contributed by atoms with van der Waals surface area (Å²) in [5, 5.41) is 18.5. The third-order valence-corrected chi connectivity index (χ3v) is 2.67. The van der Waals surface area contributed by atoms with Crippen LogP contribution >= 0.6 is 0 Å². The van der Waals surface area contributed by atoms with E-state index in [0.29, 0.717) is 6.42 Å². The summed E-state index contributed by atoms with van der Waals surface area (Å²) in [6.45, 7) is 4.04. The molecule has 1 rings (SSSR count). The maximum absolute atomic E-state index is 9.59. The fourth-order valence-corrected chi connectivity index (χ4v) is 1.74. The van der Waals surface area contributed by atoms with E-state index in [2.05, 4.69) is 0 Å². The molecule has 0 aromatic heterocycles. The summed E-state index contributed by atoms with van der Waals surface area (Å²) in [5.74, 6) is 0.192. The van der Waals surface area contributed by atoms with Crippen LogP contribution in [0.1, 0.15) is 26.7 Å². The molecule has 0 radical (unpaired) electrons. The van der Waals surface area contributed by atoms with Crippen molar-refractivity contribution >= 4 is 0 Å². The van der Waals surface area contributed by atoms with Crippen molar-refractivity contribution in [2.75, 3.05) is 6.61 Å². The number of hydrogen-bond donors (Lipinski definition) is 2. The van der Waals surface area contributed by atoms with Crippen molar-refractivity contribution in [3.8, 4) is 0 Å². The van der Waals surface area contributed by atoms with E-state index in [4.69, 9.17) is 9.84 Å². The molecule has 0 amide bonds. The van der Waals surface area contributed by atoms with Crippen molar-refractivity contribution in [1.29, 1.82) is 0 Å². The van der Waals surface area contributed by atoms with Gasteiger partial charge in [-0.1, -0.05) is 13.8 Å². The molecule has 4 atom stereocenters. The highest BCUT2D eigenvalue weighted by Crippen LogP contribution is 2.26. The highest BCUT2D eigenvalue weighted by Gasteiger charge is 2.33. The van der Waals surface area contributed by atoms with Gasteiger partial charge in [0.2, 0.25) is 0 Å². The predicted octanol–water partition coefficient (Wildman–Crippen LogP) is 0.543. The highest BCUT2D eigenvalue weighted by molar-refractivity contribution is 4.81. The van der Waals surface area contributed by atoms with Crippen LogP contribution in [0.25, 0.3) is 0 Å². The second kappa shape index (κ2) is 4.21. The van der Waals surface area contributed by atoms with E-state index in [1.54, 1.807) is 0 Å². The lowest BCUT2D eigenvalue weighted by Gasteiger charge is -2.37. The van der Waals surface area contributed by atoms with Gasteiger partial charge in [-0.2, -0.15) is 0 Å². The molecule has 0 unspecified atom stereocenters. The molecule has 12 heavy (non-hydrogen) atoms. The van der Waals surface area contributed by atoms with E-state index in [-0.39, 0.29) is 30.8 Å². The molecule has 0 bridgehead atoms. The Kier molecular flexibility index (Phi) is 3.50. The summed E-state index contributed by atoms with van der Waals surface area (Å²) in [4.78, 5) is 0. The van der Waals surface area contributed by atoms with E-state index < -0.39 is 0 Å². The van der Waals surface area contributed by atoms with E-state index >= 15 is 0 Å². The van der Waals surface area contributed by atoms with E-state index in [1.165, 1.54) is 0 Å². The third kappa shape index (κ3) is 1.97. The first-order valence-corrected chi connectivity index (χ1v) is 4.63. The first-order chi connectivity index (χ1) is 5.69. The number of aliphatic hydroxyl groups excluding tert-OH is 2. The zero-order valence-electron chi connectivity index (χ0n) is 7.73. The summed E-state index contributed by atoms with van der Waals surface area (Å²) in [6, 6.07) is 0. The van der Waals surface area contributed by atoms with Crippen LogP contribution < -0.4 is 0 Å². The van der Waals surface area contributed by atoms with Gasteiger partial charge in [-0.05, 0) is 6.42 Å². The number of aliphatic hydroxyl groups is 2. The maximum Gasteiger partial charge on any atom is 0.0834 e. The lowest BCUT2D eigenvalue weighted by Crippen LogP contribution is -2.43. The average molecular weight is 174 g/mol. The minimum atomic E-state index is -0.319. The van der Waals surface area contributed by atoms with Gasteiger partial charge in [0.25, 0.3) is 0 Å². The molecule has 3 heteroatoms. The zero-order chi connectivity index (χ0) is 9.14. The Bertz CT molecular complexity index is 138. The minimum Gasteiger partial charge on any atom is -0.394 e. The van der Waals surface area contributed by atoms with Crippen molar-refractivity contribution in [3.63, 3.8) is 0 Å². The molecular formula is C9H18O3. The standard InChI is InChI=1S/C9H18O3/c1-3-9-6(2)8(11)4-7(5-10)12-9/h6-11H,3-5H2,1-2H3/t6-,7+,8+,9+/m1/s1. The molecule has 0 saturated carbocycles. The second-order valence-electron chi connectivity index (χ2n) is 3.55. The summed E-state index contributed by atoms with van der Waals surface area (Å²) in [5.41, 5.74) is 0. The smallest absolute Gasteiger partial charge is 0.0834 e. The summed E-state index contributed by atoms with van der Waals surface area (Å²) in [7, 11) is 0. The number of hydrogen-bond acceptors (Lipinski definition) is 3. The lowest BCUT2D eigenvalue weighted by atomic mass is 9.89. The van der Waals surface area contributed by atoms with Crippen molar-refractivity contribution in [1.82, 2.24) is 0 Å². The van der Waals surface area contributed by atoms with Crippen LogP contribution in [-0.2, 0) is 4.74 Å². The monoisotopic (exact) mass is 174 g/mol. The Morgan fingerprint density at radius 2 is 2.17 bits per heavy atom. The quantitative estimate of drug-likeness (QED) is 0.642. The first-order valence-electron chi connectivity index (χ1n) is 4.63. The fraction of sp³-hybridized carbons (Fsp3) is 1.00. The Morgan fingerprint density at radius 3 is 2.67 bits per heavy atom. The Hall–Kier alpha value is -0.120. The van der Waals surface area contributed by atoms with Crippen LogP contribution in [0.15, 0.2) is 0 Å². The third-order valence-electron chi connectivity index (χ3n) is 2.67. The van der Waals surface area contributed by atoms with E-state index in [1.807, 2.05) is 13.8 Å². The van der Waals surface area contributed by atoms with Crippen LogP contribution in [0.5, 0.6) is 0 Å². The number of rotatable bonds is 2. The molecular weight excluding hydrogens is 156 g/mol. The minimum absolute atomic E-state index is 0.0142. The molecule has 0 aromatic rings. The van der Waals surface area contributed by atoms with Crippen LogP contribution in [0.4, 0.5) is 0 Å². The van der Waals surface area contributed by atoms with Crippen LogP contribution in [0, 0.1) is 5.92 Å². The molecule has 2 N–H and O–H groups in total. The van der Waals surface area contributed by atoms with Crippen molar-refractivity contribution in [2.45, 2.75) is 45.0 Å². The molecule has 0 spiro atoms. The van der Waals surface area contributed by atoms with Crippen molar-refractivity contribution < 1.29 is 14.9 Å². The van der Waals surface area contributed by atoms with Gasteiger partial charge in [-0.3, -0.25) is 0 Å². The Morgan fingerprint density at radius 1 is 1.50 bits per heavy atom. The van der Waals surface area contributed by atoms with Crippen LogP contribution in [0.3, 0.4) is 0 Å². The van der Waals surface area contributed by atoms with Gasteiger partial charge >= 0.3 is 0 Å². The van der Waals surface area contributed by atoms with Crippen LogP contribution in [-0.4, -0.2) is 35.1 Å². The largest absolute Gasteiger partial charge is 0.394 e. The second-order valence-corrected chi connectivity index (χ2v) is 3.55. The van der Waals surface area contributed by atoms with Crippen LogP contribution in [0.2, 0.25) is 0 Å². The Balaban J connectivity index is 2.52. The van der Waals surface area contributed by atoms with Crippen molar-refractivity contribution in [3.05, 3.63) is 0 Å². The molecule has 3 nitrogen and oxygen atoms in total. The molecule has 1 aliphatic rings. The zero-order valence-corrected chi connectivity index (χ0v) is 7.73. The van der Waals surface area contributed by atoms with Gasteiger partial charge in [0, 0.05) is 12.3 Å². The van der Waals surface area contributed by atoms with Gasteiger partial charge in [0.1, 0.15) is 0 Å². The van der Waals surface area contributed by atoms with Gasteiger partial charge in [-0.25, -0.2) is 0 Å². The van der Waals surface area contributed by atoms with Gasteiger partial charge in [0.05, 0.1) is 24.9 Å². The highest BCUT2D eigenvalue weighted by atomic mass is 16.5. The molecule has 1 heterocycles. The van der Waals surface area contributed by atoms with Gasteiger partial charge < -0.3 is 14.9 Å². The normalized spacial score (nSPS) is 43.0. The molecule has 1 saturated heterocycles. The summed E-state index contributed by atoms with van der Waals surface area (Å²) in [6.07, 6.45) is 1.08. The average Bonchev–Trinajstić information content (AvgIpc) is 2.09. The molecule has 0 aromatic carbocycles. The molecule has 72 valence electrons. The van der Waals surface area contributed by atoms with E-state index in [0.717, 1.165) is 6.42 Å². The van der Waals surface area contributed by atoms with E-state index in [9.17, 15) is 5.11 Å². The fourth-order valence-electron chi connectivity index (χ4n) is 1.74. The number of ether oxygens (including phenoxy) is 1. The maximum atomic E-state index is 9.59. The molecule has 1 aliphatic heterocycles. The summed E-state index contributed by atoms with van der Waals surface area (Å²) < 4.78 is 5.56. The molecule has 1 fully saturated rings. The first kappa shape index (κ1) is 9.96. The van der Waals surface area contributed by atoms with Crippen molar-refractivity contribution in [2.24, 2.45) is 5.92 Å².